The number of benzene rings is 2. The van der Waals surface area contributed by atoms with Gasteiger partial charge in [0.05, 0.1) is 0 Å². The number of hydrogen-bond donors (Lipinski definition) is 1. The Morgan fingerprint density at radius 3 is 2.30 bits per heavy atom. The van der Waals surface area contributed by atoms with Crippen LogP contribution < -0.4 is 5.32 Å². The molecule has 1 amide bonds. The van der Waals surface area contributed by atoms with Crippen LogP contribution in [0.15, 0.2) is 42.5 Å². The Hall–Kier alpha value is -1.37. The highest BCUT2D eigenvalue weighted by Crippen LogP contribution is 2.36. The molecule has 1 saturated heterocycles. The number of carbonyl (C=O) groups excluding carboxylic acids is 1. The fourth-order valence-electron chi connectivity index (χ4n) is 4.60. The molecule has 164 valence electrons. The van der Waals surface area contributed by atoms with Crippen LogP contribution in [0.3, 0.4) is 0 Å². The molecule has 1 fully saturated rings. The van der Waals surface area contributed by atoms with Crippen molar-refractivity contribution in [2.45, 2.75) is 24.9 Å². The molecule has 0 spiro atoms. The lowest BCUT2D eigenvalue weighted by molar-refractivity contribution is -0.144. The van der Waals surface area contributed by atoms with Gasteiger partial charge in [-0.25, -0.2) is 4.39 Å². The van der Waals surface area contributed by atoms with Gasteiger partial charge in [0.1, 0.15) is 11.4 Å². The number of halogens is 4. The standard InChI is InChI=1S/C22H25ClFN3O.2ClH/c1-26(15-16-10-19(23)12-20(24)11-16)21(28)22(27-8-6-25-7-9-27)13-17-4-2-3-5-18(17)14-22;;/h2-5,10-12,25H,6-9,13-15H2,1H3;2*1H. The van der Waals surface area contributed by atoms with Crippen molar-refractivity contribution >= 4 is 42.3 Å². The van der Waals surface area contributed by atoms with Crippen LogP contribution >= 0.6 is 36.4 Å². The summed E-state index contributed by atoms with van der Waals surface area (Å²) in [5.41, 5.74) is 2.62. The fourth-order valence-corrected chi connectivity index (χ4v) is 4.85. The van der Waals surface area contributed by atoms with Crippen LogP contribution in [-0.4, -0.2) is 54.5 Å². The van der Waals surface area contributed by atoms with Gasteiger partial charge in [0, 0.05) is 57.6 Å². The number of carbonyl (C=O) groups is 1. The highest BCUT2D eigenvalue weighted by atomic mass is 35.5. The molecule has 0 bridgehead atoms. The highest BCUT2D eigenvalue weighted by Gasteiger charge is 2.49. The summed E-state index contributed by atoms with van der Waals surface area (Å²) in [6.45, 7) is 3.79. The number of piperazine rings is 1. The van der Waals surface area contributed by atoms with Gasteiger partial charge in [0.25, 0.3) is 0 Å². The zero-order valence-electron chi connectivity index (χ0n) is 16.9. The third-order valence-corrected chi connectivity index (χ3v) is 6.11. The maximum atomic E-state index is 13.7. The number of hydrogen-bond acceptors (Lipinski definition) is 3. The molecule has 4 rings (SSSR count). The number of amides is 1. The predicted molar refractivity (Wildman–Crippen MR) is 123 cm³/mol. The number of nitrogens with one attached hydrogen (secondary N) is 1. The van der Waals surface area contributed by atoms with E-state index in [1.54, 1.807) is 18.0 Å². The average Bonchev–Trinajstić information content (AvgIpc) is 3.08. The summed E-state index contributed by atoms with van der Waals surface area (Å²) in [7, 11) is 1.80. The third-order valence-electron chi connectivity index (χ3n) is 5.89. The molecule has 2 aromatic carbocycles. The van der Waals surface area contributed by atoms with Gasteiger partial charge in [-0.05, 0) is 34.9 Å². The van der Waals surface area contributed by atoms with E-state index in [2.05, 4.69) is 22.3 Å². The quantitative estimate of drug-likeness (QED) is 0.733. The Morgan fingerprint density at radius 2 is 1.73 bits per heavy atom. The van der Waals surface area contributed by atoms with Crippen LogP contribution in [0, 0.1) is 5.82 Å². The van der Waals surface area contributed by atoms with Gasteiger partial charge in [-0.2, -0.15) is 0 Å². The highest BCUT2D eigenvalue weighted by molar-refractivity contribution is 6.30. The van der Waals surface area contributed by atoms with E-state index in [4.69, 9.17) is 11.6 Å². The smallest absolute Gasteiger partial charge is 0.243 e. The largest absolute Gasteiger partial charge is 0.340 e. The molecule has 1 heterocycles. The summed E-state index contributed by atoms with van der Waals surface area (Å²) in [4.78, 5) is 17.8. The van der Waals surface area contributed by atoms with E-state index in [9.17, 15) is 9.18 Å². The Bertz CT molecular complexity index is 844. The Morgan fingerprint density at radius 1 is 1.13 bits per heavy atom. The molecule has 30 heavy (non-hydrogen) atoms. The number of rotatable bonds is 4. The molecular formula is C22H27Cl3FN3O. The predicted octanol–water partition coefficient (Wildman–Crippen LogP) is 3.72. The molecule has 0 radical (unpaired) electrons. The number of nitrogens with zero attached hydrogens (tertiary/aromatic N) is 2. The van der Waals surface area contributed by atoms with Gasteiger partial charge >= 0.3 is 0 Å². The lowest BCUT2D eigenvalue weighted by atomic mass is 9.90. The topological polar surface area (TPSA) is 35.6 Å². The minimum Gasteiger partial charge on any atom is -0.340 e. The first-order chi connectivity index (χ1) is 13.5. The van der Waals surface area contributed by atoms with Crippen molar-refractivity contribution in [3.8, 4) is 0 Å². The van der Waals surface area contributed by atoms with Crippen LogP contribution in [0.4, 0.5) is 4.39 Å². The van der Waals surface area contributed by atoms with Crippen molar-refractivity contribution in [2.75, 3.05) is 33.2 Å². The first-order valence-electron chi connectivity index (χ1n) is 9.71. The molecule has 1 aliphatic heterocycles. The normalized spacial score (nSPS) is 17.4. The molecule has 1 N–H and O–H groups in total. The van der Waals surface area contributed by atoms with Crippen molar-refractivity contribution in [3.63, 3.8) is 0 Å². The zero-order chi connectivity index (χ0) is 19.7. The van der Waals surface area contributed by atoms with Gasteiger partial charge in [0.15, 0.2) is 0 Å². The Balaban J connectivity index is 0.00000160. The minimum atomic E-state index is -0.572. The maximum Gasteiger partial charge on any atom is 0.243 e. The summed E-state index contributed by atoms with van der Waals surface area (Å²) in [6.07, 6.45) is 1.44. The molecule has 1 aliphatic carbocycles. The third kappa shape index (κ3) is 4.92. The van der Waals surface area contributed by atoms with Gasteiger partial charge < -0.3 is 10.2 Å². The first kappa shape index (κ1) is 24.9. The minimum absolute atomic E-state index is 0. The molecule has 0 unspecified atom stereocenters. The Labute approximate surface area is 194 Å². The van der Waals surface area contributed by atoms with Crippen LogP contribution in [0.5, 0.6) is 0 Å². The van der Waals surface area contributed by atoms with Crippen LogP contribution in [0.2, 0.25) is 5.02 Å². The van der Waals surface area contributed by atoms with Crippen LogP contribution in [-0.2, 0) is 24.2 Å². The monoisotopic (exact) mass is 473 g/mol. The van der Waals surface area contributed by atoms with E-state index < -0.39 is 5.54 Å². The van der Waals surface area contributed by atoms with E-state index in [0.717, 1.165) is 39.0 Å². The summed E-state index contributed by atoms with van der Waals surface area (Å²) < 4.78 is 13.7. The second kappa shape index (κ2) is 10.3. The summed E-state index contributed by atoms with van der Waals surface area (Å²) in [5, 5.41) is 3.72. The van der Waals surface area contributed by atoms with Gasteiger partial charge in [-0.1, -0.05) is 35.9 Å². The Kier molecular flexibility index (Phi) is 8.54. The fraction of sp³-hybridized carbons (Fsp3) is 0.409. The molecule has 2 aromatic rings. The van der Waals surface area contributed by atoms with E-state index in [1.807, 2.05) is 12.1 Å². The molecule has 4 nitrogen and oxygen atoms in total. The molecule has 2 aliphatic rings. The molecule has 0 saturated carbocycles. The summed E-state index contributed by atoms with van der Waals surface area (Å²) in [5.74, 6) is -0.292. The van der Waals surface area contributed by atoms with Gasteiger partial charge in [-0.15, -0.1) is 24.8 Å². The molecule has 0 aromatic heterocycles. The molecule has 8 heteroatoms. The first-order valence-corrected chi connectivity index (χ1v) is 10.1. The van der Waals surface area contributed by atoms with Crippen molar-refractivity contribution < 1.29 is 9.18 Å². The molecule has 0 atom stereocenters. The lowest BCUT2D eigenvalue weighted by Gasteiger charge is -2.44. The average molecular weight is 475 g/mol. The second-order valence-electron chi connectivity index (χ2n) is 7.83. The number of fused-ring (bicyclic) bond motifs is 1. The summed E-state index contributed by atoms with van der Waals surface area (Å²) >= 11 is 5.99. The van der Waals surface area contributed by atoms with Crippen molar-refractivity contribution in [2.24, 2.45) is 0 Å². The van der Waals surface area contributed by atoms with Gasteiger partial charge in [0.2, 0.25) is 5.91 Å². The van der Waals surface area contributed by atoms with Gasteiger partial charge in [-0.3, -0.25) is 9.69 Å². The van der Waals surface area contributed by atoms with Crippen molar-refractivity contribution in [1.29, 1.82) is 0 Å². The zero-order valence-corrected chi connectivity index (χ0v) is 19.3. The van der Waals surface area contributed by atoms with E-state index in [1.165, 1.54) is 23.3 Å². The SMILES string of the molecule is CN(Cc1cc(F)cc(Cl)c1)C(=O)C1(N2CCNCC2)Cc2ccccc2C1.Cl.Cl. The van der Waals surface area contributed by atoms with Crippen LogP contribution in [0.1, 0.15) is 16.7 Å². The van der Waals surface area contributed by atoms with Crippen LogP contribution in [0.25, 0.3) is 0 Å². The summed E-state index contributed by atoms with van der Waals surface area (Å²) in [6, 6.07) is 12.8. The maximum absolute atomic E-state index is 13.7. The van der Waals surface area contributed by atoms with E-state index >= 15 is 0 Å². The van der Waals surface area contributed by atoms with Crippen molar-refractivity contribution in [1.82, 2.24) is 15.1 Å². The van der Waals surface area contributed by atoms with Crippen molar-refractivity contribution in [3.05, 3.63) is 70.0 Å². The van der Waals surface area contributed by atoms with E-state index in [0.29, 0.717) is 17.1 Å². The van der Waals surface area contributed by atoms with E-state index in [-0.39, 0.29) is 36.5 Å². The molecular weight excluding hydrogens is 448 g/mol. The lowest BCUT2D eigenvalue weighted by Crippen LogP contribution is -2.63. The number of likely N-dealkylation sites (N-methyl/N-ethyl adjacent to an activating group) is 1. The second-order valence-corrected chi connectivity index (χ2v) is 8.27.